The second-order valence-electron chi connectivity index (χ2n) is 3.16. The van der Waals surface area contributed by atoms with E-state index in [1.165, 1.54) is 17.8 Å². The minimum atomic E-state index is -0.199. The lowest BCUT2D eigenvalue weighted by Crippen LogP contribution is -1.91. The van der Waals surface area contributed by atoms with Gasteiger partial charge in [0.25, 0.3) is 0 Å². The number of nitrogens with one attached hydrogen (secondary N) is 1. The van der Waals surface area contributed by atoms with Crippen LogP contribution in [0.15, 0.2) is 52.4 Å². The maximum absolute atomic E-state index is 13.4. The summed E-state index contributed by atoms with van der Waals surface area (Å²) >= 11 is 1.39. The molecule has 1 heterocycles. The second kappa shape index (κ2) is 4.99. The van der Waals surface area contributed by atoms with Crippen molar-refractivity contribution in [2.45, 2.75) is 9.79 Å². The van der Waals surface area contributed by atoms with Gasteiger partial charge in [0, 0.05) is 23.0 Å². The summed E-state index contributed by atoms with van der Waals surface area (Å²) in [6.07, 6.45) is 1.70. The number of anilines is 1. The van der Waals surface area contributed by atoms with E-state index in [9.17, 15) is 4.39 Å². The fourth-order valence-electron chi connectivity index (χ4n) is 1.27. The first kappa shape index (κ1) is 11.0. The van der Waals surface area contributed by atoms with Gasteiger partial charge >= 0.3 is 0 Å². The van der Waals surface area contributed by atoms with E-state index in [1.54, 1.807) is 25.4 Å². The van der Waals surface area contributed by atoms with Crippen LogP contribution in [-0.2, 0) is 0 Å². The van der Waals surface area contributed by atoms with Crippen LogP contribution in [0, 0.1) is 5.82 Å². The van der Waals surface area contributed by atoms with Crippen molar-refractivity contribution in [1.82, 2.24) is 4.98 Å². The van der Waals surface area contributed by atoms with Gasteiger partial charge in [-0.3, -0.25) is 0 Å². The summed E-state index contributed by atoms with van der Waals surface area (Å²) in [5, 5.41) is 2.95. The molecule has 0 radical (unpaired) electrons. The van der Waals surface area contributed by atoms with Gasteiger partial charge in [0.05, 0.1) is 0 Å². The average Bonchev–Trinajstić information content (AvgIpc) is 2.32. The molecule has 0 bridgehead atoms. The quantitative estimate of drug-likeness (QED) is 0.881. The molecule has 0 spiro atoms. The first-order chi connectivity index (χ1) is 7.79. The summed E-state index contributed by atoms with van der Waals surface area (Å²) < 4.78 is 13.4. The van der Waals surface area contributed by atoms with E-state index in [1.807, 2.05) is 18.2 Å². The zero-order valence-corrected chi connectivity index (χ0v) is 9.59. The zero-order chi connectivity index (χ0) is 11.4. The third kappa shape index (κ3) is 2.52. The lowest BCUT2D eigenvalue weighted by molar-refractivity contribution is 0.602. The highest BCUT2D eigenvalue weighted by Crippen LogP contribution is 2.30. The third-order valence-electron chi connectivity index (χ3n) is 2.05. The van der Waals surface area contributed by atoms with E-state index in [0.717, 1.165) is 10.7 Å². The predicted molar refractivity (Wildman–Crippen MR) is 64.3 cm³/mol. The number of aromatic nitrogens is 1. The van der Waals surface area contributed by atoms with E-state index in [2.05, 4.69) is 10.3 Å². The van der Waals surface area contributed by atoms with Crippen molar-refractivity contribution in [2.75, 3.05) is 12.4 Å². The first-order valence-corrected chi connectivity index (χ1v) is 5.67. The minimum absolute atomic E-state index is 0.199. The lowest BCUT2D eigenvalue weighted by Gasteiger charge is -2.04. The molecule has 0 aliphatic heterocycles. The van der Waals surface area contributed by atoms with Crippen LogP contribution in [0.2, 0.25) is 0 Å². The van der Waals surface area contributed by atoms with Crippen LogP contribution in [-0.4, -0.2) is 12.0 Å². The topological polar surface area (TPSA) is 24.9 Å². The molecule has 2 rings (SSSR count). The average molecular weight is 234 g/mol. The van der Waals surface area contributed by atoms with Crippen LogP contribution >= 0.6 is 11.8 Å². The highest BCUT2D eigenvalue weighted by Gasteiger charge is 2.03. The number of nitrogens with zero attached hydrogens (tertiary/aromatic N) is 1. The SMILES string of the molecule is CNc1cc(Sc2ccccc2F)ccn1. The van der Waals surface area contributed by atoms with Gasteiger partial charge in [0.15, 0.2) is 0 Å². The molecule has 0 amide bonds. The van der Waals surface area contributed by atoms with Gasteiger partial charge in [-0.2, -0.15) is 0 Å². The van der Waals surface area contributed by atoms with Crippen LogP contribution in [0.5, 0.6) is 0 Å². The molecule has 2 nitrogen and oxygen atoms in total. The Bertz CT molecular complexity index is 488. The van der Waals surface area contributed by atoms with Crippen LogP contribution < -0.4 is 5.32 Å². The Morgan fingerprint density at radius 2 is 2.06 bits per heavy atom. The fourth-order valence-corrected chi connectivity index (χ4v) is 2.13. The normalized spacial score (nSPS) is 10.1. The monoisotopic (exact) mass is 234 g/mol. The number of pyridine rings is 1. The van der Waals surface area contributed by atoms with Gasteiger partial charge in [-0.05, 0) is 24.3 Å². The van der Waals surface area contributed by atoms with E-state index < -0.39 is 0 Å². The molecule has 16 heavy (non-hydrogen) atoms. The van der Waals surface area contributed by atoms with Crippen molar-refractivity contribution in [1.29, 1.82) is 0 Å². The molecule has 2 aromatic rings. The van der Waals surface area contributed by atoms with Gasteiger partial charge < -0.3 is 5.32 Å². The van der Waals surface area contributed by atoms with Crippen LogP contribution in [0.4, 0.5) is 10.2 Å². The summed E-state index contributed by atoms with van der Waals surface area (Å²) in [6, 6.07) is 10.5. The molecule has 4 heteroatoms. The van der Waals surface area contributed by atoms with Crippen molar-refractivity contribution >= 4 is 17.6 Å². The molecule has 0 fully saturated rings. The van der Waals surface area contributed by atoms with Gasteiger partial charge in [-0.25, -0.2) is 9.37 Å². The molecule has 0 saturated carbocycles. The van der Waals surface area contributed by atoms with E-state index >= 15 is 0 Å². The summed E-state index contributed by atoms with van der Waals surface area (Å²) in [7, 11) is 1.81. The Balaban J connectivity index is 2.24. The lowest BCUT2D eigenvalue weighted by atomic mass is 10.3. The van der Waals surface area contributed by atoms with E-state index in [-0.39, 0.29) is 5.82 Å². The van der Waals surface area contributed by atoms with Crippen LogP contribution in [0.25, 0.3) is 0 Å². The third-order valence-corrected chi connectivity index (χ3v) is 3.09. The molecule has 0 saturated heterocycles. The summed E-state index contributed by atoms with van der Waals surface area (Å²) in [6.45, 7) is 0. The van der Waals surface area contributed by atoms with Gasteiger partial charge in [0.1, 0.15) is 11.6 Å². The fraction of sp³-hybridized carbons (Fsp3) is 0.0833. The molecule has 1 aromatic heterocycles. The molecule has 0 unspecified atom stereocenters. The number of hydrogen-bond acceptors (Lipinski definition) is 3. The van der Waals surface area contributed by atoms with Crippen molar-refractivity contribution in [3.05, 3.63) is 48.4 Å². The molecule has 1 N–H and O–H groups in total. The summed E-state index contributed by atoms with van der Waals surface area (Å²) in [5.74, 6) is 0.580. The molecular formula is C12H11FN2S. The number of halogens is 1. The maximum atomic E-state index is 13.4. The molecule has 1 aromatic carbocycles. The summed E-state index contributed by atoms with van der Waals surface area (Å²) in [4.78, 5) is 5.69. The van der Waals surface area contributed by atoms with Crippen molar-refractivity contribution in [2.24, 2.45) is 0 Å². The number of rotatable bonds is 3. The Kier molecular flexibility index (Phi) is 3.41. The summed E-state index contributed by atoms with van der Waals surface area (Å²) in [5.41, 5.74) is 0. The van der Waals surface area contributed by atoms with Gasteiger partial charge in [-0.15, -0.1) is 0 Å². The van der Waals surface area contributed by atoms with Gasteiger partial charge in [0.2, 0.25) is 0 Å². The second-order valence-corrected chi connectivity index (χ2v) is 4.27. The zero-order valence-electron chi connectivity index (χ0n) is 8.77. The molecule has 0 aliphatic rings. The van der Waals surface area contributed by atoms with Crippen LogP contribution in [0.3, 0.4) is 0 Å². The Hall–Kier alpha value is -1.55. The largest absolute Gasteiger partial charge is 0.373 e. The van der Waals surface area contributed by atoms with Crippen LogP contribution in [0.1, 0.15) is 0 Å². The first-order valence-electron chi connectivity index (χ1n) is 4.86. The van der Waals surface area contributed by atoms with E-state index in [0.29, 0.717) is 4.90 Å². The molecule has 0 aliphatic carbocycles. The highest BCUT2D eigenvalue weighted by molar-refractivity contribution is 7.99. The van der Waals surface area contributed by atoms with Crippen molar-refractivity contribution < 1.29 is 4.39 Å². The molecule has 82 valence electrons. The molecular weight excluding hydrogens is 223 g/mol. The Morgan fingerprint density at radius 3 is 2.81 bits per heavy atom. The van der Waals surface area contributed by atoms with E-state index in [4.69, 9.17) is 0 Å². The maximum Gasteiger partial charge on any atom is 0.137 e. The molecule has 0 atom stereocenters. The van der Waals surface area contributed by atoms with Crippen molar-refractivity contribution in [3.8, 4) is 0 Å². The van der Waals surface area contributed by atoms with Crippen molar-refractivity contribution in [3.63, 3.8) is 0 Å². The standard InChI is InChI=1S/C12H11FN2S/c1-14-12-8-9(6-7-15-12)16-11-5-3-2-4-10(11)13/h2-8H,1H3,(H,14,15). The number of benzene rings is 1. The highest BCUT2D eigenvalue weighted by atomic mass is 32.2. The Labute approximate surface area is 97.9 Å². The number of hydrogen-bond donors (Lipinski definition) is 1. The smallest absolute Gasteiger partial charge is 0.137 e. The van der Waals surface area contributed by atoms with Gasteiger partial charge in [-0.1, -0.05) is 23.9 Å². The minimum Gasteiger partial charge on any atom is -0.373 e. The Morgan fingerprint density at radius 1 is 1.25 bits per heavy atom. The predicted octanol–water partition coefficient (Wildman–Crippen LogP) is 3.41.